The van der Waals surface area contributed by atoms with E-state index in [1.54, 1.807) is 31.4 Å². The molecule has 136 valence electrons. The first-order chi connectivity index (χ1) is 12.6. The highest BCUT2D eigenvalue weighted by atomic mass is 16.5. The molecule has 26 heavy (non-hydrogen) atoms. The van der Waals surface area contributed by atoms with Crippen LogP contribution in [0.5, 0.6) is 11.5 Å². The fourth-order valence-corrected chi connectivity index (χ4v) is 2.08. The number of rotatable bonds is 8. The smallest absolute Gasteiger partial charge is 0.262 e. The van der Waals surface area contributed by atoms with Gasteiger partial charge in [0.05, 0.1) is 13.7 Å². The number of ether oxygens (including phenoxy) is 2. The van der Waals surface area contributed by atoms with E-state index < -0.39 is 11.8 Å². The molecule has 0 radical (unpaired) electrons. The minimum Gasteiger partial charge on any atom is -0.493 e. The molecule has 0 aliphatic heterocycles. The number of nitrogens with one attached hydrogen (secondary N) is 2. The molecule has 2 rings (SSSR count). The Morgan fingerprint density at radius 3 is 2.58 bits per heavy atom. The Labute approximate surface area is 151 Å². The van der Waals surface area contributed by atoms with E-state index in [1.165, 1.54) is 11.6 Å². The van der Waals surface area contributed by atoms with Crippen molar-refractivity contribution in [3.05, 3.63) is 65.7 Å². The van der Waals surface area contributed by atoms with Crippen LogP contribution in [0.3, 0.4) is 0 Å². The molecule has 0 saturated heterocycles. The molecule has 2 aromatic carbocycles. The Morgan fingerprint density at radius 2 is 1.88 bits per heavy atom. The van der Waals surface area contributed by atoms with Gasteiger partial charge < -0.3 is 14.8 Å². The molecule has 0 saturated carbocycles. The SMILES string of the molecule is COc1cc(/C=C/C(=O)NCC(=O)NO)ccc1OCc1ccccc1. The quantitative estimate of drug-likeness (QED) is 0.381. The van der Waals surface area contributed by atoms with Gasteiger partial charge in [0, 0.05) is 6.08 Å². The van der Waals surface area contributed by atoms with Gasteiger partial charge in [-0.05, 0) is 29.3 Å². The van der Waals surface area contributed by atoms with Gasteiger partial charge in [-0.15, -0.1) is 0 Å². The Balaban J connectivity index is 1.97. The van der Waals surface area contributed by atoms with Crippen LogP contribution >= 0.6 is 0 Å². The highest BCUT2D eigenvalue weighted by molar-refractivity contribution is 5.94. The number of methoxy groups -OCH3 is 1. The fourth-order valence-electron chi connectivity index (χ4n) is 2.08. The Kier molecular flexibility index (Phi) is 7.20. The van der Waals surface area contributed by atoms with Crippen molar-refractivity contribution in [1.29, 1.82) is 0 Å². The molecule has 0 fully saturated rings. The second-order valence-corrected chi connectivity index (χ2v) is 5.27. The van der Waals surface area contributed by atoms with Crippen LogP contribution in [0.25, 0.3) is 6.08 Å². The Hall–Kier alpha value is -3.32. The van der Waals surface area contributed by atoms with Gasteiger partial charge in [-0.25, -0.2) is 5.48 Å². The van der Waals surface area contributed by atoms with Crippen molar-refractivity contribution in [2.45, 2.75) is 6.61 Å². The molecule has 0 aromatic heterocycles. The lowest BCUT2D eigenvalue weighted by molar-refractivity contribution is -0.130. The second-order valence-electron chi connectivity index (χ2n) is 5.27. The molecule has 0 heterocycles. The van der Waals surface area contributed by atoms with E-state index in [-0.39, 0.29) is 6.54 Å². The molecule has 0 aliphatic rings. The fraction of sp³-hybridized carbons (Fsp3) is 0.158. The summed E-state index contributed by atoms with van der Waals surface area (Å²) in [5.41, 5.74) is 3.21. The average Bonchev–Trinajstić information content (AvgIpc) is 2.69. The molecule has 0 spiro atoms. The molecule has 0 unspecified atom stereocenters. The minimum atomic E-state index is -0.701. The van der Waals surface area contributed by atoms with Crippen molar-refractivity contribution in [3.63, 3.8) is 0 Å². The van der Waals surface area contributed by atoms with E-state index in [0.717, 1.165) is 11.1 Å². The average molecular weight is 356 g/mol. The van der Waals surface area contributed by atoms with Gasteiger partial charge >= 0.3 is 0 Å². The van der Waals surface area contributed by atoms with Gasteiger partial charge in [-0.2, -0.15) is 0 Å². The van der Waals surface area contributed by atoms with E-state index >= 15 is 0 Å². The third-order valence-corrected chi connectivity index (χ3v) is 3.40. The van der Waals surface area contributed by atoms with E-state index in [9.17, 15) is 9.59 Å². The van der Waals surface area contributed by atoms with Crippen LogP contribution in [0.1, 0.15) is 11.1 Å². The lowest BCUT2D eigenvalue weighted by atomic mass is 10.2. The van der Waals surface area contributed by atoms with Gasteiger partial charge in [0.15, 0.2) is 11.5 Å². The zero-order valence-corrected chi connectivity index (χ0v) is 14.3. The third kappa shape index (κ3) is 5.95. The lowest BCUT2D eigenvalue weighted by Crippen LogP contribution is -2.34. The molecular weight excluding hydrogens is 336 g/mol. The number of carbonyl (C=O) groups excluding carboxylic acids is 2. The van der Waals surface area contributed by atoms with Crippen molar-refractivity contribution in [1.82, 2.24) is 10.8 Å². The summed E-state index contributed by atoms with van der Waals surface area (Å²) in [5, 5.41) is 10.7. The monoisotopic (exact) mass is 356 g/mol. The number of hydrogen-bond donors (Lipinski definition) is 3. The summed E-state index contributed by atoms with van der Waals surface area (Å²) >= 11 is 0. The highest BCUT2D eigenvalue weighted by Crippen LogP contribution is 2.29. The van der Waals surface area contributed by atoms with Crippen LogP contribution in [-0.4, -0.2) is 30.7 Å². The van der Waals surface area contributed by atoms with Gasteiger partial charge in [0.1, 0.15) is 6.61 Å². The van der Waals surface area contributed by atoms with Gasteiger partial charge in [-0.3, -0.25) is 14.8 Å². The van der Waals surface area contributed by atoms with E-state index in [4.69, 9.17) is 14.7 Å². The van der Waals surface area contributed by atoms with Crippen LogP contribution in [-0.2, 0) is 16.2 Å². The van der Waals surface area contributed by atoms with Crippen molar-refractivity contribution >= 4 is 17.9 Å². The normalized spacial score (nSPS) is 10.4. The number of benzene rings is 2. The first-order valence-corrected chi connectivity index (χ1v) is 7.86. The molecule has 2 amide bonds. The summed E-state index contributed by atoms with van der Waals surface area (Å²) in [6.07, 6.45) is 2.86. The van der Waals surface area contributed by atoms with Crippen molar-refractivity contribution < 1.29 is 24.3 Å². The van der Waals surface area contributed by atoms with Gasteiger partial charge in [0.2, 0.25) is 5.91 Å². The zero-order chi connectivity index (χ0) is 18.8. The largest absolute Gasteiger partial charge is 0.493 e. The molecule has 3 N–H and O–H groups in total. The molecule has 0 aliphatic carbocycles. The predicted molar refractivity (Wildman–Crippen MR) is 95.7 cm³/mol. The molecule has 7 nitrogen and oxygen atoms in total. The van der Waals surface area contributed by atoms with Crippen molar-refractivity contribution in [2.75, 3.05) is 13.7 Å². The number of amides is 2. The number of hydroxylamine groups is 1. The van der Waals surface area contributed by atoms with Crippen LogP contribution in [0.4, 0.5) is 0 Å². The summed E-state index contributed by atoms with van der Waals surface area (Å²) in [6.45, 7) is 0.108. The zero-order valence-electron chi connectivity index (χ0n) is 14.3. The maximum Gasteiger partial charge on any atom is 0.262 e. The summed E-state index contributed by atoms with van der Waals surface area (Å²) in [6, 6.07) is 15.1. The number of hydrogen-bond acceptors (Lipinski definition) is 5. The van der Waals surface area contributed by atoms with Gasteiger partial charge in [-0.1, -0.05) is 36.4 Å². The third-order valence-electron chi connectivity index (χ3n) is 3.40. The standard InChI is InChI=1S/C19H20N2O5/c1-25-17-11-14(8-10-18(22)20-12-19(23)21-24)7-9-16(17)26-13-15-5-3-2-4-6-15/h2-11,24H,12-13H2,1H3,(H,20,22)(H,21,23)/b10-8+. The number of carbonyl (C=O) groups is 2. The van der Waals surface area contributed by atoms with E-state index in [0.29, 0.717) is 18.1 Å². The molecule has 2 aromatic rings. The van der Waals surface area contributed by atoms with E-state index in [1.807, 2.05) is 30.3 Å². The Morgan fingerprint density at radius 1 is 1.12 bits per heavy atom. The second kappa shape index (κ2) is 9.85. The van der Waals surface area contributed by atoms with Gasteiger partial charge in [0.25, 0.3) is 5.91 Å². The van der Waals surface area contributed by atoms with Crippen LogP contribution < -0.4 is 20.3 Å². The summed E-state index contributed by atoms with van der Waals surface area (Å²) < 4.78 is 11.1. The summed E-state index contributed by atoms with van der Waals surface area (Å²) in [7, 11) is 1.54. The van der Waals surface area contributed by atoms with E-state index in [2.05, 4.69) is 5.32 Å². The predicted octanol–water partition coefficient (Wildman–Crippen LogP) is 1.91. The molecule has 0 atom stereocenters. The maximum absolute atomic E-state index is 11.6. The molecule has 7 heteroatoms. The Bertz CT molecular complexity index is 775. The van der Waals surface area contributed by atoms with Crippen molar-refractivity contribution in [3.8, 4) is 11.5 Å². The minimum absolute atomic E-state index is 0.310. The first kappa shape index (κ1) is 19.0. The topological polar surface area (TPSA) is 96.9 Å². The molecule has 0 bridgehead atoms. The highest BCUT2D eigenvalue weighted by Gasteiger charge is 2.06. The molecular formula is C19H20N2O5. The summed E-state index contributed by atoms with van der Waals surface area (Å²) in [4.78, 5) is 22.4. The van der Waals surface area contributed by atoms with Crippen LogP contribution in [0.15, 0.2) is 54.6 Å². The maximum atomic E-state index is 11.6. The van der Waals surface area contributed by atoms with Crippen LogP contribution in [0, 0.1) is 0 Å². The summed E-state index contributed by atoms with van der Waals surface area (Å²) in [5.74, 6) is -0.0222. The first-order valence-electron chi connectivity index (χ1n) is 7.86. The lowest BCUT2D eigenvalue weighted by Gasteiger charge is -2.11. The van der Waals surface area contributed by atoms with Crippen LogP contribution in [0.2, 0.25) is 0 Å². The van der Waals surface area contributed by atoms with Crippen molar-refractivity contribution in [2.24, 2.45) is 0 Å².